The van der Waals surface area contributed by atoms with E-state index in [0.29, 0.717) is 23.0 Å². The highest BCUT2D eigenvalue weighted by Crippen LogP contribution is 2.22. The third-order valence-corrected chi connectivity index (χ3v) is 5.06. The lowest BCUT2D eigenvalue weighted by Crippen LogP contribution is -2.35. The summed E-state index contributed by atoms with van der Waals surface area (Å²) in [5, 5.41) is 12.8. The molecule has 25 heavy (non-hydrogen) atoms. The second kappa shape index (κ2) is 7.58. The number of aromatic nitrogens is 2. The molecular weight excluding hydrogens is 336 g/mol. The lowest BCUT2D eigenvalue weighted by atomic mass is 10.1. The molecular formula is C18H20N4O2S. The average molecular weight is 356 g/mol. The van der Waals surface area contributed by atoms with Crippen LogP contribution in [0.4, 0.5) is 0 Å². The number of hydrogen-bond acceptors (Lipinski definition) is 5. The van der Waals surface area contributed by atoms with Crippen molar-refractivity contribution in [2.75, 3.05) is 20.6 Å². The molecule has 0 aliphatic carbocycles. The molecule has 1 aromatic carbocycles. The Morgan fingerprint density at radius 1 is 1.24 bits per heavy atom. The monoisotopic (exact) mass is 356 g/mol. The first-order valence-corrected chi connectivity index (χ1v) is 8.87. The second-order valence-electron chi connectivity index (χ2n) is 6.02. The number of likely N-dealkylation sites (N-methyl/N-ethyl adjacent to an activating group) is 1. The van der Waals surface area contributed by atoms with Crippen LogP contribution in [0.15, 0.2) is 46.6 Å². The van der Waals surface area contributed by atoms with Crippen LogP contribution < -0.4 is 10.9 Å². The number of rotatable bonds is 6. The highest BCUT2D eigenvalue weighted by atomic mass is 32.1. The predicted octanol–water partition coefficient (Wildman–Crippen LogP) is 1.95. The standard InChI is InChI=1S/C18H20N4O2S/c1-22(2)15(16-8-5-9-25-16)11-19-17(23)10-14-12-6-3-4-7-13(12)18(24)21-20-14/h3-9,15H,10-11H2,1-2H3,(H,19,23)(H,21,24)/t15-/m0/s1. The minimum Gasteiger partial charge on any atom is -0.354 e. The molecule has 0 bridgehead atoms. The number of nitrogens with zero attached hydrogens (tertiary/aromatic N) is 2. The lowest BCUT2D eigenvalue weighted by Gasteiger charge is -2.23. The van der Waals surface area contributed by atoms with Gasteiger partial charge in [0.05, 0.1) is 23.5 Å². The largest absolute Gasteiger partial charge is 0.354 e. The van der Waals surface area contributed by atoms with Gasteiger partial charge in [-0.25, -0.2) is 5.10 Å². The molecule has 0 spiro atoms. The maximum atomic E-state index is 12.4. The first-order valence-electron chi connectivity index (χ1n) is 7.99. The van der Waals surface area contributed by atoms with Crippen molar-refractivity contribution >= 4 is 28.0 Å². The van der Waals surface area contributed by atoms with Crippen molar-refractivity contribution in [2.24, 2.45) is 0 Å². The molecule has 0 saturated heterocycles. The van der Waals surface area contributed by atoms with Crippen molar-refractivity contribution in [3.63, 3.8) is 0 Å². The number of carbonyl (C=O) groups excluding carboxylic acids is 1. The zero-order valence-corrected chi connectivity index (χ0v) is 15.0. The van der Waals surface area contributed by atoms with Crippen LogP contribution in [0, 0.1) is 0 Å². The highest BCUT2D eigenvalue weighted by Gasteiger charge is 2.17. The Morgan fingerprint density at radius 2 is 2.00 bits per heavy atom. The van der Waals surface area contributed by atoms with Crippen molar-refractivity contribution in [1.29, 1.82) is 0 Å². The summed E-state index contributed by atoms with van der Waals surface area (Å²) in [6.45, 7) is 0.521. The van der Waals surface area contributed by atoms with Gasteiger partial charge in [-0.15, -0.1) is 11.3 Å². The Morgan fingerprint density at radius 3 is 2.68 bits per heavy atom. The lowest BCUT2D eigenvalue weighted by molar-refractivity contribution is -0.120. The van der Waals surface area contributed by atoms with E-state index < -0.39 is 0 Å². The SMILES string of the molecule is CN(C)[C@@H](CNC(=O)Cc1n[nH]c(=O)c2ccccc12)c1cccs1. The molecule has 0 aliphatic heterocycles. The normalized spacial score (nSPS) is 12.4. The van der Waals surface area contributed by atoms with E-state index in [-0.39, 0.29) is 23.9 Å². The Bertz CT molecular complexity index is 918. The topological polar surface area (TPSA) is 78.1 Å². The van der Waals surface area contributed by atoms with Gasteiger partial charge in [0.25, 0.3) is 5.56 Å². The molecule has 1 atom stereocenters. The van der Waals surface area contributed by atoms with Gasteiger partial charge >= 0.3 is 0 Å². The van der Waals surface area contributed by atoms with E-state index in [1.165, 1.54) is 4.88 Å². The fraction of sp³-hybridized carbons (Fsp3) is 0.278. The predicted molar refractivity (Wildman–Crippen MR) is 99.8 cm³/mol. The summed E-state index contributed by atoms with van der Waals surface area (Å²) in [7, 11) is 3.99. The molecule has 2 aromatic heterocycles. The van der Waals surface area contributed by atoms with E-state index in [1.54, 1.807) is 23.5 Å². The smallest absolute Gasteiger partial charge is 0.272 e. The summed E-state index contributed by atoms with van der Waals surface area (Å²) in [5.74, 6) is -0.117. The number of amides is 1. The van der Waals surface area contributed by atoms with Gasteiger partial charge in [-0.1, -0.05) is 24.3 Å². The van der Waals surface area contributed by atoms with Gasteiger partial charge in [-0.05, 0) is 31.6 Å². The fourth-order valence-electron chi connectivity index (χ4n) is 2.75. The summed E-state index contributed by atoms with van der Waals surface area (Å²) in [6, 6.07) is 11.4. The van der Waals surface area contributed by atoms with Crippen molar-refractivity contribution in [3.8, 4) is 0 Å². The number of thiophene rings is 1. The Hall–Kier alpha value is -2.51. The van der Waals surface area contributed by atoms with E-state index in [1.807, 2.05) is 37.7 Å². The molecule has 0 aliphatic rings. The first-order chi connectivity index (χ1) is 12.1. The van der Waals surface area contributed by atoms with Gasteiger partial charge in [-0.3, -0.25) is 9.59 Å². The fourth-order valence-corrected chi connectivity index (χ4v) is 3.67. The summed E-state index contributed by atoms with van der Waals surface area (Å²) in [4.78, 5) is 27.5. The van der Waals surface area contributed by atoms with Gasteiger partial charge in [-0.2, -0.15) is 5.10 Å². The van der Waals surface area contributed by atoms with Crippen LogP contribution in [0.5, 0.6) is 0 Å². The van der Waals surface area contributed by atoms with Crippen LogP contribution in [0.3, 0.4) is 0 Å². The number of benzene rings is 1. The molecule has 0 saturated carbocycles. The highest BCUT2D eigenvalue weighted by molar-refractivity contribution is 7.10. The molecule has 3 aromatic rings. The minimum atomic E-state index is -0.245. The molecule has 2 N–H and O–H groups in total. The molecule has 0 unspecified atom stereocenters. The second-order valence-corrected chi connectivity index (χ2v) is 7.00. The summed E-state index contributed by atoms with van der Waals surface area (Å²) in [6.07, 6.45) is 0.127. The molecule has 130 valence electrons. The van der Waals surface area contributed by atoms with Gasteiger partial charge in [0.1, 0.15) is 0 Å². The summed E-state index contributed by atoms with van der Waals surface area (Å²) >= 11 is 1.67. The summed E-state index contributed by atoms with van der Waals surface area (Å²) < 4.78 is 0. The van der Waals surface area contributed by atoms with Crippen molar-refractivity contribution < 1.29 is 4.79 Å². The Kier molecular flexibility index (Phi) is 5.25. The van der Waals surface area contributed by atoms with E-state index >= 15 is 0 Å². The molecule has 3 rings (SSSR count). The first kappa shape index (κ1) is 17.3. The van der Waals surface area contributed by atoms with Crippen LogP contribution in [0.25, 0.3) is 10.8 Å². The van der Waals surface area contributed by atoms with E-state index in [0.717, 1.165) is 0 Å². The minimum absolute atomic E-state index is 0.117. The van der Waals surface area contributed by atoms with E-state index in [2.05, 4.69) is 26.5 Å². The van der Waals surface area contributed by atoms with Crippen molar-refractivity contribution in [2.45, 2.75) is 12.5 Å². The number of carbonyl (C=O) groups is 1. The quantitative estimate of drug-likeness (QED) is 0.708. The Balaban J connectivity index is 1.71. The zero-order valence-electron chi connectivity index (χ0n) is 14.2. The number of fused-ring (bicyclic) bond motifs is 1. The number of hydrogen-bond donors (Lipinski definition) is 2. The zero-order chi connectivity index (χ0) is 17.8. The maximum Gasteiger partial charge on any atom is 0.272 e. The van der Waals surface area contributed by atoms with Crippen molar-refractivity contribution in [1.82, 2.24) is 20.4 Å². The van der Waals surface area contributed by atoms with Crippen molar-refractivity contribution in [3.05, 3.63) is 62.7 Å². The van der Waals surface area contributed by atoms with Gasteiger partial charge in [0, 0.05) is 16.8 Å². The van der Waals surface area contributed by atoms with Gasteiger partial charge < -0.3 is 10.2 Å². The van der Waals surface area contributed by atoms with Crippen LogP contribution in [-0.2, 0) is 11.2 Å². The maximum absolute atomic E-state index is 12.4. The van der Waals surface area contributed by atoms with Gasteiger partial charge in [0.2, 0.25) is 5.91 Å². The van der Waals surface area contributed by atoms with Gasteiger partial charge in [0.15, 0.2) is 0 Å². The van der Waals surface area contributed by atoms with Crippen LogP contribution in [0.1, 0.15) is 16.6 Å². The number of H-pyrrole nitrogens is 1. The van der Waals surface area contributed by atoms with E-state index in [9.17, 15) is 9.59 Å². The molecule has 7 heteroatoms. The van der Waals surface area contributed by atoms with Crippen LogP contribution in [-0.4, -0.2) is 41.6 Å². The number of nitrogens with one attached hydrogen (secondary N) is 2. The third kappa shape index (κ3) is 3.94. The molecule has 2 heterocycles. The Labute approximate surface area is 149 Å². The molecule has 0 radical (unpaired) electrons. The molecule has 1 amide bonds. The average Bonchev–Trinajstić information content (AvgIpc) is 3.12. The summed E-state index contributed by atoms with van der Waals surface area (Å²) in [5.41, 5.74) is 0.329. The number of aromatic amines is 1. The third-order valence-electron chi connectivity index (χ3n) is 4.09. The van der Waals surface area contributed by atoms with E-state index in [4.69, 9.17) is 0 Å². The van der Waals surface area contributed by atoms with Crippen LogP contribution >= 0.6 is 11.3 Å². The molecule has 6 nitrogen and oxygen atoms in total. The van der Waals surface area contributed by atoms with Crippen LogP contribution in [0.2, 0.25) is 0 Å². The molecule has 0 fully saturated rings.